The van der Waals surface area contributed by atoms with Crippen molar-refractivity contribution >= 4 is 16.5 Å². The second-order valence-electron chi connectivity index (χ2n) is 5.92. The van der Waals surface area contributed by atoms with Gasteiger partial charge in [-0.15, -0.1) is 11.3 Å². The summed E-state index contributed by atoms with van der Waals surface area (Å²) in [5.74, 6) is 1.69. The molecule has 2 N–H and O–H groups in total. The molecule has 0 spiro atoms. The van der Waals surface area contributed by atoms with Gasteiger partial charge in [0.1, 0.15) is 11.5 Å². The molecular formula is C16H21N5O2S. The van der Waals surface area contributed by atoms with E-state index >= 15 is 0 Å². The van der Waals surface area contributed by atoms with E-state index < -0.39 is 0 Å². The third-order valence-electron chi connectivity index (χ3n) is 4.08. The van der Waals surface area contributed by atoms with Crippen LogP contribution in [0.3, 0.4) is 0 Å². The van der Waals surface area contributed by atoms with Gasteiger partial charge in [0.05, 0.1) is 11.4 Å². The molecule has 3 rings (SSSR count). The Morgan fingerprint density at radius 1 is 0.958 bits per heavy atom. The number of nitrogen functional groups attached to an aromatic ring is 1. The fourth-order valence-corrected chi connectivity index (χ4v) is 3.41. The first-order valence-corrected chi connectivity index (χ1v) is 8.51. The van der Waals surface area contributed by atoms with Crippen molar-refractivity contribution in [2.24, 2.45) is 0 Å². The van der Waals surface area contributed by atoms with Crippen molar-refractivity contribution in [2.75, 3.05) is 5.73 Å². The SMILES string of the molecule is Cc1noc(C)c1CN(Cc1cnc(N)s1)Cc1c(C)noc1C. The molecule has 0 aliphatic carbocycles. The Kier molecular flexibility index (Phi) is 4.68. The minimum absolute atomic E-state index is 0.583. The Balaban J connectivity index is 1.85. The van der Waals surface area contributed by atoms with Gasteiger partial charge in [-0.3, -0.25) is 4.90 Å². The van der Waals surface area contributed by atoms with Gasteiger partial charge in [0.25, 0.3) is 0 Å². The predicted molar refractivity (Wildman–Crippen MR) is 91.4 cm³/mol. The maximum Gasteiger partial charge on any atom is 0.180 e. The van der Waals surface area contributed by atoms with E-state index in [0.29, 0.717) is 5.13 Å². The summed E-state index contributed by atoms with van der Waals surface area (Å²) < 4.78 is 10.6. The third-order valence-corrected chi connectivity index (χ3v) is 4.89. The molecule has 0 saturated heterocycles. The molecule has 0 unspecified atom stereocenters. The molecule has 0 amide bonds. The summed E-state index contributed by atoms with van der Waals surface area (Å²) >= 11 is 1.50. The maximum absolute atomic E-state index is 5.76. The number of anilines is 1. The monoisotopic (exact) mass is 347 g/mol. The predicted octanol–water partition coefficient (Wildman–Crippen LogP) is 3.14. The highest BCUT2D eigenvalue weighted by atomic mass is 32.1. The van der Waals surface area contributed by atoms with E-state index in [0.717, 1.165) is 58.5 Å². The van der Waals surface area contributed by atoms with E-state index in [-0.39, 0.29) is 0 Å². The lowest BCUT2D eigenvalue weighted by molar-refractivity contribution is 0.245. The molecule has 0 aliphatic heterocycles. The largest absolute Gasteiger partial charge is 0.375 e. The molecule has 0 bridgehead atoms. The minimum Gasteiger partial charge on any atom is -0.375 e. The van der Waals surface area contributed by atoms with Crippen LogP contribution in [-0.2, 0) is 19.6 Å². The summed E-state index contributed by atoms with van der Waals surface area (Å²) in [7, 11) is 0. The number of hydrogen-bond donors (Lipinski definition) is 1. The van der Waals surface area contributed by atoms with E-state index in [9.17, 15) is 0 Å². The van der Waals surface area contributed by atoms with E-state index in [2.05, 4.69) is 20.2 Å². The Morgan fingerprint density at radius 3 is 1.88 bits per heavy atom. The van der Waals surface area contributed by atoms with Gasteiger partial charge < -0.3 is 14.8 Å². The highest BCUT2D eigenvalue weighted by molar-refractivity contribution is 7.15. The Morgan fingerprint density at radius 2 is 1.50 bits per heavy atom. The van der Waals surface area contributed by atoms with Gasteiger partial charge in [0, 0.05) is 41.8 Å². The van der Waals surface area contributed by atoms with Crippen LogP contribution in [0.25, 0.3) is 0 Å². The number of aromatic nitrogens is 3. The fourth-order valence-electron chi connectivity index (χ4n) is 2.69. The van der Waals surface area contributed by atoms with Crippen LogP contribution in [0.1, 0.15) is 38.9 Å². The van der Waals surface area contributed by atoms with Gasteiger partial charge >= 0.3 is 0 Å². The summed E-state index contributed by atoms with van der Waals surface area (Å²) in [4.78, 5) is 7.56. The van der Waals surface area contributed by atoms with Crippen LogP contribution in [0.5, 0.6) is 0 Å². The molecule has 0 aliphatic rings. The quantitative estimate of drug-likeness (QED) is 0.732. The summed E-state index contributed by atoms with van der Waals surface area (Å²) in [6.07, 6.45) is 1.83. The van der Waals surface area contributed by atoms with Gasteiger partial charge in [0.15, 0.2) is 5.13 Å². The standard InChI is InChI=1S/C16H21N5O2S/c1-9-14(11(3)22-19-9)7-21(6-13-5-18-16(17)24-13)8-15-10(2)20-23-12(15)4/h5H,6-8H2,1-4H3,(H2,17,18). The molecule has 0 fully saturated rings. The highest BCUT2D eigenvalue weighted by Crippen LogP contribution is 2.24. The Hall–Kier alpha value is -2.19. The molecule has 3 aromatic heterocycles. The number of nitrogens with two attached hydrogens (primary N) is 1. The number of aryl methyl sites for hydroxylation is 4. The second kappa shape index (κ2) is 6.74. The first-order valence-electron chi connectivity index (χ1n) is 7.70. The van der Waals surface area contributed by atoms with Gasteiger partial charge in [-0.1, -0.05) is 10.3 Å². The van der Waals surface area contributed by atoms with E-state index in [1.165, 1.54) is 11.3 Å². The molecule has 128 valence electrons. The van der Waals surface area contributed by atoms with Crippen molar-refractivity contribution in [3.05, 3.63) is 45.1 Å². The lowest BCUT2D eigenvalue weighted by Gasteiger charge is -2.21. The zero-order valence-corrected chi connectivity index (χ0v) is 15.1. The summed E-state index contributed by atoms with van der Waals surface area (Å²) in [5.41, 5.74) is 9.82. The number of rotatable bonds is 6. The molecule has 7 nitrogen and oxygen atoms in total. The lowest BCUT2D eigenvalue weighted by Crippen LogP contribution is -2.23. The molecule has 3 aromatic rings. The molecule has 3 heterocycles. The summed E-state index contributed by atoms with van der Waals surface area (Å²) in [5, 5.41) is 8.68. The maximum atomic E-state index is 5.76. The third kappa shape index (κ3) is 3.49. The van der Waals surface area contributed by atoms with E-state index in [1.54, 1.807) is 0 Å². The van der Waals surface area contributed by atoms with Crippen LogP contribution in [0.15, 0.2) is 15.2 Å². The molecular weight excluding hydrogens is 326 g/mol. The average molecular weight is 347 g/mol. The molecule has 0 aromatic carbocycles. The molecule has 24 heavy (non-hydrogen) atoms. The van der Waals surface area contributed by atoms with Crippen LogP contribution in [0, 0.1) is 27.7 Å². The molecule has 0 radical (unpaired) electrons. The van der Waals surface area contributed by atoms with Crippen molar-refractivity contribution in [1.29, 1.82) is 0 Å². The van der Waals surface area contributed by atoms with Crippen molar-refractivity contribution in [2.45, 2.75) is 47.3 Å². The van der Waals surface area contributed by atoms with E-state index in [4.69, 9.17) is 14.8 Å². The van der Waals surface area contributed by atoms with Gasteiger partial charge in [-0.25, -0.2) is 4.98 Å². The second-order valence-corrected chi connectivity index (χ2v) is 7.06. The van der Waals surface area contributed by atoms with Gasteiger partial charge in [0.2, 0.25) is 0 Å². The summed E-state index contributed by atoms with van der Waals surface area (Å²) in [6.45, 7) is 9.99. The van der Waals surface area contributed by atoms with Crippen molar-refractivity contribution in [3.8, 4) is 0 Å². The normalized spacial score (nSPS) is 11.5. The molecule has 0 atom stereocenters. The van der Waals surface area contributed by atoms with Crippen LogP contribution < -0.4 is 5.73 Å². The van der Waals surface area contributed by atoms with Crippen LogP contribution in [0.4, 0.5) is 5.13 Å². The fraction of sp³-hybridized carbons (Fsp3) is 0.438. The zero-order valence-electron chi connectivity index (χ0n) is 14.3. The first kappa shape index (κ1) is 16.7. The van der Waals surface area contributed by atoms with Crippen molar-refractivity contribution in [3.63, 3.8) is 0 Å². The first-order chi connectivity index (χ1) is 11.4. The topological polar surface area (TPSA) is 94.2 Å². The summed E-state index contributed by atoms with van der Waals surface area (Å²) in [6, 6.07) is 0. The van der Waals surface area contributed by atoms with Crippen molar-refractivity contribution < 1.29 is 9.05 Å². The molecule has 8 heteroatoms. The minimum atomic E-state index is 0.583. The Labute approximate surface area is 144 Å². The number of thiazole rings is 1. The smallest absolute Gasteiger partial charge is 0.180 e. The zero-order chi connectivity index (χ0) is 17.3. The number of nitrogens with zero attached hydrogens (tertiary/aromatic N) is 4. The van der Waals surface area contributed by atoms with Crippen molar-refractivity contribution in [1.82, 2.24) is 20.2 Å². The van der Waals surface area contributed by atoms with Crippen LogP contribution >= 0.6 is 11.3 Å². The lowest BCUT2D eigenvalue weighted by atomic mass is 10.1. The van der Waals surface area contributed by atoms with Crippen LogP contribution in [0.2, 0.25) is 0 Å². The van der Waals surface area contributed by atoms with Gasteiger partial charge in [-0.2, -0.15) is 0 Å². The van der Waals surface area contributed by atoms with Gasteiger partial charge in [-0.05, 0) is 27.7 Å². The molecule has 0 saturated carbocycles. The van der Waals surface area contributed by atoms with E-state index in [1.807, 2.05) is 33.9 Å². The number of hydrogen-bond acceptors (Lipinski definition) is 8. The highest BCUT2D eigenvalue weighted by Gasteiger charge is 2.19. The van der Waals surface area contributed by atoms with Crippen LogP contribution in [-0.4, -0.2) is 20.2 Å². The average Bonchev–Trinajstić information content (AvgIpc) is 3.18. The Bertz CT molecular complexity index is 748.